The Labute approximate surface area is 145 Å². The molecule has 0 spiro atoms. The van der Waals surface area contributed by atoms with Crippen LogP contribution in [0, 0.1) is 5.82 Å². The Balaban J connectivity index is 1.90. The molecule has 0 unspecified atom stereocenters. The van der Waals surface area contributed by atoms with Gasteiger partial charge in [-0.2, -0.15) is 0 Å². The number of hydrogen-bond acceptors (Lipinski definition) is 3. The average Bonchev–Trinajstić information content (AvgIpc) is 2.99. The minimum atomic E-state index is -0.433. The van der Waals surface area contributed by atoms with Gasteiger partial charge < -0.3 is 4.90 Å². The highest BCUT2D eigenvalue weighted by Gasteiger charge is 2.23. The molecule has 0 aliphatic carbocycles. The maximum atomic E-state index is 13.4. The number of para-hydroxylation sites is 1. The van der Waals surface area contributed by atoms with Crippen LogP contribution in [0.5, 0.6) is 0 Å². The lowest BCUT2D eigenvalue weighted by molar-refractivity contribution is 0.0741. The first kappa shape index (κ1) is 16.1. The molecule has 23 heavy (non-hydrogen) atoms. The Morgan fingerprint density at radius 2 is 2.04 bits per heavy atom. The molecule has 118 valence electrons. The Bertz CT molecular complexity index is 847. The van der Waals surface area contributed by atoms with Gasteiger partial charge in [-0.1, -0.05) is 12.1 Å². The summed E-state index contributed by atoms with van der Waals surface area (Å²) in [6, 6.07) is 11.8. The maximum absolute atomic E-state index is 13.4. The smallest absolute Gasteiger partial charge is 0.255 e. The standard InChI is InChI=1S/C17H14BrFN2OS/c1-10(16-20-14-5-3-4-6-15(14)23-16)21(2)17(22)12-9-11(19)7-8-13(12)18/h3-10H,1-2H3/t10-/m1/s1. The summed E-state index contributed by atoms with van der Waals surface area (Å²) in [5.41, 5.74) is 1.23. The summed E-state index contributed by atoms with van der Waals surface area (Å²) in [7, 11) is 1.70. The second-order valence-electron chi connectivity index (χ2n) is 5.24. The van der Waals surface area contributed by atoms with Crippen LogP contribution in [0.15, 0.2) is 46.9 Å². The molecule has 6 heteroatoms. The SMILES string of the molecule is C[C@H](c1nc2ccccc2s1)N(C)C(=O)c1cc(F)ccc1Br. The average molecular weight is 393 g/mol. The third kappa shape index (κ3) is 3.14. The van der Waals surface area contributed by atoms with E-state index in [4.69, 9.17) is 0 Å². The molecular formula is C17H14BrFN2OS. The molecule has 0 N–H and O–H groups in total. The van der Waals surface area contributed by atoms with Crippen LogP contribution in [-0.2, 0) is 0 Å². The Kier molecular flexibility index (Phi) is 4.46. The number of carbonyl (C=O) groups is 1. The minimum Gasteiger partial charge on any atom is -0.332 e. The minimum absolute atomic E-state index is 0.199. The predicted octanol–water partition coefficient (Wildman–Crippen LogP) is 5.03. The van der Waals surface area contributed by atoms with Gasteiger partial charge in [-0.15, -0.1) is 11.3 Å². The molecule has 3 rings (SSSR count). The summed E-state index contributed by atoms with van der Waals surface area (Å²) in [4.78, 5) is 18.8. The second-order valence-corrected chi connectivity index (χ2v) is 7.15. The molecule has 3 aromatic rings. The number of benzene rings is 2. The molecule has 1 amide bonds. The summed E-state index contributed by atoms with van der Waals surface area (Å²) in [6.45, 7) is 1.92. The lowest BCUT2D eigenvalue weighted by atomic mass is 10.1. The summed E-state index contributed by atoms with van der Waals surface area (Å²) in [6.07, 6.45) is 0. The Morgan fingerprint density at radius 3 is 2.78 bits per heavy atom. The predicted molar refractivity (Wildman–Crippen MR) is 94.2 cm³/mol. The van der Waals surface area contributed by atoms with E-state index < -0.39 is 5.82 Å². The fourth-order valence-corrected chi connectivity index (χ4v) is 3.74. The van der Waals surface area contributed by atoms with E-state index in [1.807, 2.05) is 31.2 Å². The van der Waals surface area contributed by atoms with E-state index in [2.05, 4.69) is 20.9 Å². The monoisotopic (exact) mass is 392 g/mol. The van der Waals surface area contributed by atoms with Crippen molar-refractivity contribution in [3.63, 3.8) is 0 Å². The van der Waals surface area contributed by atoms with Crippen molar-refractivity contribution in [2.45, 2.75) is 13.0 Å². The number of halogens is 2. The topological polar surface area (TPSA) is 33.2 Å². The summed E-state index contributed by atoms with van der Waals surface area (Å²) in [5.74, 6) is -0.680. The van der Waals surface area contributed by atoms with Crippen molar-refractivity contribution in [2.24, 2.45) is 0 Å². The van der Waals surface area contributed by atoms with Gasteiger partial charge in [0.1, 0.15) is 10.8 Å². The highest BCUT2D eigenvalue weighted by atomic mass is 79.9. The normalized spacial score (nSPS) is 12.3. The molecule has 1 heterocycles. The van der Waals surface area contributed by atoms with Gasteiger partial charge in [-0.3, -0.25) is 4.79 Å². The zero-order valence-electron chi connectivity index (χ0n) is 12.6. The van der Waals surface area contributed by atoms with Gasteiger partial charge in [0.15, 0.2) is 0 Å². The fourth-order valence-electron chi connectivity index (χ4n) is 2.26. The van der Waals surface area contributed by atoms with Gasteiger partial charge in [0.05, 0.1) is 21.8 Å². The number of rotatable bonds is 3. The molecule has 0 bridgehead atoms. The van der Waals surface area contributed by atoms with Crippen LogP contribution in [0.1, 0.15) is 28.3 Å². The van der Waals surface area contributed by atoms with Crippen molar-refractivity contribution >= 4 is 43.4 Å². The van der Waals surface area contributed by atoms with Crippen LogP contribution in [0.2, 0.25) is 0 Å². The molecule has 0 aliphatic rings. The van der Waals surface area contributed by atoms with Crippen LogP contribution < -0.4 is 0 Å². The summed E-state index contributed by atoms with van der Waals surface area (Å²) in [5, 5.41) is 0.856. The molecule has 2 aromatic carbocycles. The van der Waals surface area contributed by atoms with E-state index in [-0.39, 0.29) is 11.9 Å². The van der Waals surface area contributed by atoms with E-state index >= 15 is 0 Å². The van der Waals surface area contributed by atoms with E-state index in [0.29, 0.717) is 10.0 Å². The van der Waals surface area contributed by atoms with Crippen LogP contribution in [0.25, 0.3) is 10.2 Å². The molecule has 0 radical (unpaired) electrons. The second kappa shape index (κ2) is 6.37. The molecule has 1 aromatic heterocycles. The third-order valence-electron chi connectivity index (χ3n) is 3.73. The van der Waals surface area contributed by atoms with Crippen molar-refractivity contribution < 1.29 is 9.18 Å². The Morgan fingerprint density at radius 1 is 1.30 bits per heavy atom. The van der Waals surface area contributed by atoms with E-state index in [1.54, 1.807) is 29.4 Å². The fraction of sp³-hybridized carbons (Fsp3) is 0.176. The van der Waals surface area contributed by atoms with Crippen molar-refractivity contribution in [1.82, 2.24) is 9.88 Å². The molecule has 0 saturated carbocycles. The Hall–Kier alpha value is -1.79. The molecule has 1 atom stereocenters. The van der Waals surface area contributed by atoms with Gasteiger partial charge in [0, 0.05) is 11.5 Å². The van der Waals surface area contributed by atoms with Gasteiger partial charge in [-0.05, 0) is 53.2 Å². The lowest BCUT2D eigenvalue weighted by Crippen LogP contribution is -2.30. The number of fused-ring (bicyclic) bond motifs is 1. The first-order valence-corrected chi connectivity index (χ1v) is 8.66. The first-order valence-electron chi connectivity index (χ1n) is 7.05. The zero-order valence-corrected chi connectivity index (χ0v) is 15.0. The lowest BCUT2D eigenvalue weighted by Gasteiger charge is -2.23. The van der Waals surface area contributed by atoms with Crippen molar-refractivity contribution in [3.05, 3.63) is 63.3 Å². The largest absolute Gasteiger partial charge is 0.332 e. The highest BCUT2D eigenvalue weighted by Crippen LogP contribution is 2.30. The van der Waals surface area contributed by atoms with Gasteiger partial charge >= 0.3 is 0 Å². The molecule has 3 nitrogen and oxygen atoms in total. The maximum Gasteiger partial charge on any atom is 0.255 e. The number of hydrogen-bond donors (Lipinski definition) is 0. The van der Waals surface area contributed by atoms with Gasteiger partial charge in [0.25, 0.3) is 5.91 Å². The van der Waals surface area contributed by atoms with Crippen molar-refractivity contribution in [2.75, 3.05) is 7.05 Å². The molecule has 0 aliphatic heterocycles. The summed E-state index contributed by atoms with van der Waals surface area (Å²) < 4.78 is 15.1. The van der Waals surface area contributed by atoms with E-state index in [9.17, 15) is 9.18 Å². The number of amides is 1. The summed E-state index contributed by atoms with van der Waals surface area (Å²) >= 11 is 4.87. The quantitative estimate of drug-likeness (QED) is 0.625. The van der Waals surface area contributed by atoms with Gasteiger partial charge in [-0.25, -0.2) is 9.37 Å². The number of aromatic nitrogens is 1. The molecule has 0 saturated heterocycles. The third-order valence-corrected chi connectivity index (χ3v) is 5.63. The molecular weight excluding hydrogens is 379 g/mol. The van der Waals surface area contributed by atoms with Gasteiger partial charge in [0.2, 0.25) is 0 Å². The zero-order chi connectivity index (χ0) is 16.6. The molecule has 0 fully saturated rings. The van der Waals surface area contributed by atoms with Crippen LogP contribution in [0.3, 0.4) is 0 Å². The van der Waals surface area contributed by atoms with Crippen LogP contribution in [0.4, 0.5) is 4.39 Å². The van der Waals surface area contributed by atoms with Crippen molar-refractivity contribution in [3.8, 4) is 0 Å². The number of nitrogens with zero attached hydrogens (tertiary/aromatic N) is 2. The number of thiazole rings is 1. The van der Waals surface area contributed by atoms with E-state index in [0.717, 1.165) is 15.2 Å². The number of carbonyl (C=O) groups excluding carboxylic acids is 1. The van der Waals surface area contributed by atoms with E-state index in [1.165, 1.54) is 12.1 Å². The highest BCUT2D eigenvalue weighted by molar-refractivity contribution is 9.10. The van der Waals surface area contributed by atoms with Crippen LogP contribution in [-0.4, -0.2) is 22.8 Å². The first-order chi connectivity index (χ1) is 11.0. The van der Waals surface area contributed by atoms with Crippen molar-refractivity contribution in [1.29, 1.82) is 0 Å². The van der Waals surface area contributed by atoms with Crippen LogP contribution >= 0.6 is 27.3 Å².